The lowest BCUT2D eigenvalue weighted by Crippen LogP contribution is -2.69. The first-order chi connectivity index (χ1) is 18.1. The summed E-state index contributed by atoms with van der Waals surface area (Å²) in [7, 11) is 0.506. The van der Waals surface area contributed by atoms with Crippen molar-refractivity contribution in [1.29, 1.82) is 0 Å². The molecule has 0 saturated carbocycles. The number of hydrogen-bond donors (Lipinski definition) is 1. The monoisotopic (exact) mass is 562 g/mol. The van der Waals surface area contributed by atoms with E-state index in [4.69, 9.17) is 9.47 Å². The van der Waals surface area contributed by atoms with Crippen molar-refractivity contribution in [2.24, 2.45) is 7.05 Å². The number of aromatic nitrogens is 7. The number of amides is 1. The van der Waals surface area contributed by atoms with Gasteiger partial charge in [-0.1, -0.05) is 23.9 Å². The number of fused-ring (bicyclic) bond motifs is 1. The first kappa shape index (κ1) is 25.8. The maximum atomic E-state index is 13.2. The van der Waals surface area contributed by atoms with Crippen molar-refractivity contribution in [3.8, 4) is 5.75 Å². The molecule has 1 fully saturated rings. The van der Waals surface area contributed by atoms with Crippen LogP contribution in [-0.4, -0.2) is 91.4 Å². The molecular formula is C21H22N8O7S2. The first-order valence-electron chi connectivity index (χ1n) is 11.1. The zero-order chi connectivity index (χ0) is 27.2. The number of methoxy groups -OCH3 is 2. The molecule has 3 aromatic rings. The molecule has 5 rings (SSSR count). The van der Waals surface area contributed by atoms with Gasteiger partial charge in [-0.3, -0.25) is 29.1 Å². The van der Waals surface area contributed by atoms with E-state index >= 15 is 0 Å². The van der Waals surface area contributed by atoms with Gasteiger partial charge in [-0.25, -0.2) is 13.1 Å². The van der Waals surface area contributed by atoms with Crippen molar-refractivity contribution in [3.63, 3.8) is 0 Å². The van der Waals surface area contributed by atoms with Crippen LogP contribution in [0.25, 0.3) is 5.70 Å². The lowest BCUT2D eigenvalue weighted by Gasteiger charge is -2.48. The summed E-state index contributed by atoms with van der Waals surface area (Å²) in [6.07, 6.45) is -1.14. The van der Waals surface area contributed by atoms with Gasteiger partial charge in [0.25, 0.3) is 5.91 Å². The standard InChI is InChI=1S/C21H22N8O7S2/c1-27-21(22-17(30)18(31)24-27)37-9-12-10-38(33,34)20-15(36-3)19(32)29(20)14(12)16-23-25-26-28(16)8-11-4-6-13(35-2)7-5-11/h4-7,15,20H,8-10H2,1-3H3,(H,24,31)/t15-,20-/m0/s1. The van der Waals surface area contributed by atoms with Gasteiger partial charge in [-0.2, -0.15) is 4.98 Å². The van der Waals surface area contributed by atoms with Crippen LogP contribution in [0, 0.1) is 0 Å². The summed E-state index contributed by atoms with van der Waals surface area (Å²) < 4.78 is 39.5. The van der Waals surface area contributed by atoms with Gasteiger partial charge in [-0.15, -0.1) is 5.10 Å². The molecule has 200 valence electrons. The summed E-state index contributed by atoms with van der Waals surface area (Å²) in [4.78, 5) is 41.3. The fourth-order valence-electron chi connectivity index (χ4n) is 4.31. The zero-order valence-electron chi connectivity index (χ0n) is 20.4. The van der Waals surface area contributed by atoms with Gasteiger partial charge in [-0.05, 0) is 33.7 Å². The van der Waals surface area contributed by atoms with E-state index in [0.29, 0.717) is 11.3 Å². The Labute approximate surface area is 219 Å². The minimum absolute atomic E-state index is 0.0183. The molecule has 2 aliphatic rings. The summed E-state index contributed by atoms with van der Waals surface area (Å²) >= 11 is 1.03. The molecule has 0 aliphatic carbocycles. The lowest BCUT2D eigenvalue weighted by atomic mass is 10.1. The van der Waals surface area contributed by atoms with Crippen LogP contribution in [-0.2, 0) is 33.0 Å². The number of carbonyl (C=O) groups is 1. The SMILES string of the molecule is COc1ccc(Cn2nnnc2C2=C(CSc3nc(=O)c(=O)[nH]n3C)CS(=O)(=O)[C@H]3[C@@H](OC)C(=O)N23)cc1. The zero-order valence-corrected chi connectivity index (χ0v) is 22.0. The number of ether oxygens (including phenoxy) is 2. The van der Waals surface area contributed by atoms with E-state index in [2.05, 4.69) is 25.6 Å². The molecule has 38 heavy (non-hydrogen) atoms. The van der Waals surface area contributed by atoms with Crippen molar-refractivity contribution in [3.05, 3.63) is 61.9 Å². The average Bonchev–Trinajstić information content (AvgIpc) is 3.33. The molecule has 2 aliphatic heterocycles. The highest BCUT2D eigenvalue weighted by Gasteiger charge is 2.60. The largest absolute Gasteiger partial charge is 0.497 e. The number of aryl methyl sites for hydroxylation is 1. The molecule has 17 heteroatoms. The molecule has 0 bridgehead atoms. The van der Waals surface area contributed by atoms with Gasteiger partial charge >= 0.3 is 11.1 Å². The van der Waals surface area contributed by atoms with E-state index in [-0.39, 0.29) is 29.0 Å². The van der Waals surface area contributed by atoms with E-state index in [0.717, 1.165) is 22.2 Å². The van der Waals surface area contributed by atoms with E-state index in [1.807, 2.05) is 12.1 Å². The minimum atomic E-state index is -3.83. The number of carbonyl (C=O) groups excluding carboxylic acids is 1. The number of nitrogens with zero attached hydrogens (tertiary/aromatic N) is 7. The minimum Gasteiger partial charge on any atom is -0.497 e. The smallest absolute Gasteiger partial charge is 0.339 e. The number of thioether (sulfide) groups is 1. The molecule has 15 nitrogen and oxygen atoms in total. The Morgan fingerprint density at radius 3 is 2.58 bits per heavy atom. The third-order valence-electron chi connectivity index (χ3n) is 6.13. The van der Waals surface area contributed by atoms with Crippen LogP contribution in [0.1, 0.15) is 11.4 Å². The quantitative estimate of drug-likeness (QED) is 0.193. The topological polar surface area (TPSA) is 184 Å². The van der Waals surface area contributed by atoms with Crippen LogP contribution in [0.5, 0.6) is 5.75 Å². The van der Waals surface area contributed by atoms with Crippen molar-refractivity contribution in [2.75, 3.05) is 25.7 Å². The summed E-state index contributed by atoms with van der Waals surface area (Å²) in [6.45, 7) is 0.235. The summed E-state index contributed by atoms with van der Waals surface area (Å²) in [5.41, 5.74) is -0.424. The number of tetrazole rings is 1. The molecule has 1 amide bonds. The summed E-state index contributed by atoms with van der Waals surface area (Å²) in [5.74, 6) is -0.0368. The predicted octanol–water partition coefficient (Wildman–Crippen LogP) is -1.37. The number of β-lactam (4-membered cyclic amide) rings is 1. The fourth-order valence-corrected chi connectivity index (χ4v) is 7.40. The maximum absolute atomic E-state index is 13.2. The van der Waals surface area contributed by atoms with Crippen LogP contribution in [0.3, 0.4) is 0 Å². The molecule has 1 aromatic carbocycles. The van der Waals surface area contributed by atoms with E-state index < -0.39 is 44.1 Å². The average molecular weight is 563 g/mol. The van der Waals surface area contributed by atoms with E-state index in [1.165, 1.54) is 23.5 Å². The number of H-pyrrole nitrogens is 1. The number of rotatable bonds is 8. The fraction of sp³-hybridized carbons (Fsp3) is 0.381. The Morgan fingerprint density at radius 2 is 1.89 bits per heavy atom. The number of aromatic amines is 1. The molecule has 0 unspecified atom stereocenters. The molecule has 2 aromatic heterocycles. The Hall–Kier alpha value is -3.83. The number of benzene rings is 1. The van der Waals surface area contributed by atoms with Gasteiger partial charge in [0, 0.05) is 19.9 Å². The van der Waals surface area contributed by atoms with Gasteiger partial charge in [0.15, 0.2) is 32.3 Å². The van der Waals surface area contributed by atoms with Crippen molar-refractivity contribution in [1.82, 2.24) is 39.9 Å². The Kier molecular flexibility index (Phi) is 6.66. The van der Waals surface area contributed by atoms with Crippen LogP contribution in [0.4, 0.5) is 0 Å². The summed E-state index contributed by atoms with van der Waals surface area (Å²) in [6, 6.07) is 7.24. The molecule has 2 atom stereocenters. The molecule has 0 spiro atoms. The second kappa shape index (κ2) is 9.80. The molecule has 1 N–H and O–H groups in total. The van der Waals surface area contributed by atoms with Crippen molar-refractivity contribution >= 4 is 33.2 Å². The lowest BCUT2D eigenvalue weighted by molar-refractivity contribution is -0.156. The van der Waals surface area contributed by atoms with Gasteiger partial charge in [0.05, 0.1) is 25.1 Å². The second-order valence-corrected chi connectivity index (χ2v) is 11.6. The van der Waals surface area contributed by atoms with E-state index in [9.17, 15) is 22.8 Å². The Bertz CT molecular complexity index is 1660. The van der Waals surface area contributed by atoms with Crippen LogP contribution in [0.2, 0.25) is 0 Å². The molecular weight excluding hydrogens is 540 g/mol. The Balaban J connectivity index is 1.57. The molecule has 1 saturated heterocycles. The van der Waals surface area contributed by atoms with E-state index in [1.54, 1.807) is 19.2 Å². The summed E-state index contributed by atoms with van der Waals surface area (Å²) in [5, 5.41) is 13.3. The molecule has 4 heterocycles. The van der Waals surface area contributed by atoms with Crippen LogP contribution < -0.4 is 15.9 Å². The van der Waals surface area contributed by atoms with Crippen LogP contribution >= 0.6 is 11.8 Å². The highest BCUT2D eigenvalue weighted by molar-refractivity contribution is 7.99. The third kappa shape index (κ3) is 4.41. The third-order valence-corrected chi connectivity index (χ3v) is 9.19. The predicted molar refractivity (Wildman–Crippen MR) is 133 cm³/mol. The number of hydrogen-bond acceptors (Lipinski definition) is 12. The normalized spacial score (nSPS) is 20.3. The second-order valence-electron chi connectivity index (χ2n) is 8.51. The van der Waals surface area contributed by atoms with Crippen molar-refractivity contribution in [2.45, 2.75) is 23.2 Å². The van der Waals surface area contributed by atoms with Crippen molar-refractivity contribution < 1.29 is 22.7 Å². The Morgan fingerprint density at radius 1 is 1.16 bits per heavy atom. The van der Waals surface area contributed by atoms with Gasteiger partial charge in [0.2, 0.25) is 0 Å². The van der Waals surface area contributed by atoms with Crippen LogP contribution in [0.15, 0.2) is 44.6 Å². The number of sulfone groups is 1. The highest BCUT2D eigenvalue weighted by Crippen LogP contribution is 2.42. The number of nitrogens with one attached hydrogen (secondary N) is 1. The molecule has 0 radical (unpaired) electrons. The highest BCUT2D eigenvalue weighted by atomic mass is 32.2. The van der Waals surface area contributed by atoms with Gasteiger partial charge < -0.3 is 9.47 Å². The van der Waals surface area contributed by atoms with Gasteiger partial charge in [0.1, 0.15) is 5.75 Å². The maximum Gasteiger partial charge on any atom is 0.339 e. The first-order valence-corrected chi connectivity index (χ1v) is 13.8.